The first-order chi connectivity index (χ1) is 9.20. The summed E-state index contributed by atoms with van der Waals surface area (Å²) in [6.45, 7) is 3.19. The van der Waals surface area contributed by atoms with E-state index < -0.39 is 5.82 Å². The van der Waals surface area contributed by atoms with E-state index in [4.69, 9.17) is 0 Å². The molecule has 2 aromatic heterocycles. The predicted molar refractivity (Wildman–Crippen MR) is 65.3 cm³/mol. The van der Waals surface area contributed by atoms with E-state index in [1.165, 1.54) is 6.33 Å². The molecule has 0 bridgehead atoms. The van der Waals surface area contributed by atoms with Crippen LogP contribution in [0.25, 0.3) is 0 Å². The van der Waals surface area contributed by atoms with Gasteiger partial charge in [-0.2, -0.15) is 5.10 Å². The van der Waals surface area contributed by atoms with Crippen LogP contribution in [0.4, 0.5) is 10.2 Å². The number of anilines is 1. The maximum atomic E-state index is 14.2. The molecule has 0 aliphatic carbocycles. The molecule has 7 nitrogen and oxygen atoms in total. The van der Waals surface area contributed by atoms with E-state index in [1.807, 2.05) is 6.92 Å². The second-order valence-corrected chi connectivity index (χ2v) is 4.33. The van der Waals surface area contributed by atoms with Crippen molar-refractivity contribution in [2.45, 2.75) is 26.4 Å². The quantitative estimate of drug-likeness (QED) is 0.831. The lowest BCUT2D eigenvalue weighted by Gasteiger charge is -2.27. The van der Waals surface area contributed by atoms with Gasteiger partial charge in [-0.25, -0.2) is 24.3 Å². The summed E-state index contributed by atoms with van der Waals surface area (Å²) in [6.07, 6.45) is 1.88. The maximum absolute atomic E-state index is 14.2. The van der Waals surface area contributed by atoms with Gasteiger partial charge in [0, 0.05) is 13.1 Å². The van der Waals surface area contributed by atoms with E-state index >= 15 is 0 Å². The van der Waals surface area contributed by atoms with Gasteiger partial charge in [0.05, 0.1) is 12.2 Å². The van der Waals surface area contributed by atoms with Crippen LogP contribution in [0.2, 0.25) is 0 Å². The number of aromatic amines is 1. The number of halogens is 1. The van der Waals surface area contributed by atoms with Gasteiger partial charge >= 0.3 is 5.69 Å². The Morgan fingerprint density at radius 3 is 3.05 bits per heavy atom. The smallest absolute Gasteiger partial charge is 0.343 e. The lowest BCUT2D eigenvalue weighted by molar-refractivity contribution is 0.523. The molecule has 0 saturated heterocycles. The normalized spacial score (nSPS) is 14.5. The Morgan fingerprint density at radius 1 is 1.42 bits per heavy atom. The van der Waals surface area contributed by atoms with Crippen molar-refractivity contribution < 1.29 is 4.39 Å². The molecule has 0 saturated carbocycles. The zero-order chi connectivity index (χ0) is 13.4. The summed E-state index contributed by atoms with van der Waals surface area (Å²) < 4.78 is 15.7. The number of fused-ring (bicyclic) bond motifs is 1. The van der Waals surface area contributed by atoms with E-state index in [0.717, 1.165) is 0 Å². The molecule has 0 atom stereocenters. The zero-order valence-corrected chi connectivity index (χ0v) is 10.4. The minimum Gasteiger partial charge on any atom is -0.345 e. The highest BCUT2D eigenvalue weighted by Gasteiger charge is 2.23. The van der Waals surface area contributed by atoms with E-state index in [2.05, 4.69) is 20.2 Å². The lowest BCUT2D eigenvalue weighted by atomic mass is 10.2. The third-order valence-corrected chi connectivity index (χ3v) is 3.24. The number of aryl methyl sites for hydroxylation is 1. The van der Waals surface area contributed by atoms with Crippen molar-refractivity contribution in [2.75, 3.05) is 11.4 Å². The highest BCUT2D eigenvalue weighted by molar-refractivity contribution is 5.41. The monoisotopic (exact) mass is 264 g/mol. The van der Waals surface area contributed by atoms with Crippen LogP contribution < -0.4 is 10.6 Å². The Kier molecular flexibility index (Phi) is 2.77. The number of nitrogens with zero attached hydrogens (tertiary/aromatic N) is 5. The van der Waals surface area contributed by atoms with Crippen LogP contribution in [-0.4, -0.2) is 31.3 Å². The first-order valence-electron chi connectivity index (χ1n) is 6.09. The standard InChI is InChI=1S/C11H13FN6O/c1-2-7-9(12)10(14-6-13-7)17-3-4-18-8(5-17)15-16-11(18)19/h6H,2-5H2,1H3,(H,16,19). The molecule has 1 aliphatic rings. The first-order valence-corrected chi connectivity index (χ1v) is 6.09. The van der Waals surface area contributed by atoms with Gasteiger partial charge in [0.15, 0.2) is 17.5 Å². The summed E-state index contributed by atoms with van der Waals surface area (Å²) >= 11 is 0. The Hall–Kier alpha value is -2.25. The number of nitrogens with one attached hydrogen (secondary N) is 1. The van der Waals surface area contributed by atoms with Gasteiger partial charge in [0.1, 0.15) is 6.33 Å². The van der Waals surface area contributed by atoms with Crippen molar-refractivity contribution in [3.05, 3.63) is 34.1 Å². The van der Waals surface area contributed by atoms with Gasteiger partial charge in [0.25, 0.3) is 0 Å². The number of hydrogen-bond acceptors (Lipinski definition) is 5. The van der Waals surface area contributed by atoms with Crippen LogP contribution in [-0.2, 0) is 19.5 Å². The summed E-state index contributed by atoms with van der Waals surface area (Å²) in [5, 5.41) is 6.31. The maximum Gasteiger partial charge on any atom is 0.343 e. The van der Waals surface area contributed by atoms with Crippen molar-refractivity contribution in [1.82, 2.24) is 24.7 Å². The van der Waals surface area contributed by atoms with Crippen molar-refractivity contribution in [3.63, 3.8) is 0 Å². The SMILES string of the molecule is CCc1ncnc(N2CCn3c(n[nH]c3=O)C2)c1F. The molecule has 2 aromatic rings. The second kappa shape index (κ2) is 4.45. The number of hydrogen-bond donors (Lipinski definition) is 1. The van der Waals surface area contributed by atoms with Crippen molar-refractivity contribution in [2.24, 2.45) is 0 Å². The summed E-state index contributed by atoms with van der Waals surface area (Å²) in [5.74, 6) is 0.470. The summed E-state index contributed by atoms with van der Waals surface area (Å²) in [4.78, 5) is 21.1. The van der Waals surface area contributed by atoms with E-state index in [1.54, 1.807) is 9.47 Å². The van der Waals surface area contributed by atoms with Crippen molar-refractivity contribution >= 4 is 5.82 Å². The van der Waals surface area contributed by atoms with Crippen LogP contribution in [0.3, 0.4) is 0 Å². The molecule has 100 valence electrons. The minimum absolute atomic E-state index is 0.230. The second-order valence-electron chi connectivity index (χ2n) is 4.33. The van der Waals surface area contributed by atoms with E-state index in [0.29, 0.717) is 37.6 Å². The van der Waals surface area contributed by atoms with Crippen LogP contribution in [0.15, 0.2) is 11.1 Å². The van der Waals surface area contributed by atoms with Crippen LogP contribution in [0.1, 0.15) is 18.4 Å². The summed E-state index contributed by atoms with van der Waals surface area (Å²) in [5.41, 5.74) is 0.169. The fraction of sp³-hybridized carbons (Fsp3) is 0.455. The zero-order valence-electron chi connectivity index (χ0n) is 10.4. The van der Waals surface area contributed by atoms with Gasteiger partial charge in [-0.05, 0) is 6.42 Å². The van der Waals surface area contributed by atoms with Gasteiger partial charge in [-0.1, -0.05) is 6.92 Å². The Balaban J connectivity index is 1.95. The lowest BCUT2D eigenvalue weighted by Crippen LogP contribution is -2.38. The summed E-state index contributed by atoms with van der Waals surface area (Å²) in [6, 6.07) is 0. The topological polar surface area (TPSA) is 79.7 Å². The average Bonchev–Trinajstić information content (AvgIpc) is 2.80. The fourth-order valence-corrected chi connectivity index (χ4v) is 2.22. The molecule has 8 heteroatoms. The Morgan fingerprint density at radius 2 is 2.26 bits per heavy atom. The third-order valence-electron chi connectivity index (χ3n) is 3.24. The summed E-state index contributed by atoms with van der Waals surface area (Å²) in [7, 11) is 0. The van der Waals surface area contributed by atoms with Crippen LogP contribution in [0, 0.1) is 5.82 Å². The molecular formula is C11H13FN6O. The molecule has 0 radical (unpaired) electrons. The van der Waals surface area contributed by atoms with E-state index in [9.17, 15) is 9.18 Å². The first kappa shape index (κ1) is 11.8. The van der Waals surface area contributed by atoms with Gasteiger partial charge in [0.2, 0.25) is 0 Å². The molecule has 3 rings (SSSR count). The number of aromatic nitrogens is 5. The van der Waals surface area contributed by atoms with E-state index in [-0.39, 0.29) is 11.5 Å². The minimum atomic E-state index is -0.392. The van der Waals surface area contributed by atoms with Gasteiger partial charge < -0.3 is 4.90 Å². The van der Waals surface area contributed by atoms with Gasteiger partial charge in [-0.15, -0.1) is 0 Å². The molecule has 0 aromatic carbocycles. The van der Waals surface area contributed by atoms with Crippen molar-refractivity contribution in [1.29, 1.82) is 0 Å². The molecule has 1 aliphatic heterocycles. The highest BCUT2D eigenvalue weighted by atomic mass is 19.1. The highest BCUT2D eigenvalue weighted by Crippen LogP contribution is 2.21. The molecular weight excluding hydrogens is 251 g/mol. The molecule has 19 heavy (non-hydrogen) atoms. The van der Waals surface area contributed by atoms with Crippen LogP contribution >= 0.6 is 0 Å². The molecule has 0 spiro atoms. The molecule has 0 unspecified atom stereocenters. The Labute approximate surface area is 108 Å². The molecule has 3 heterocycles. The molecule has 1 N–H and O–H groups in total. The predicted octanol–water partition coefficient (Wildman–Crippen LogP) is 0.0831. The Bertz CT molecular complexity index is 663. The largest absolute Gasteiger partial charge is 0.345 e. The van der Waals surface area contributed by atoms with Gasteiger partial charge in [-0.3, -0.25) is 4.57 Å². The molecule has 0 fully saturated rings. The number of rotatable bonds is 2. The number of H-pyrrole nitrogens is 1. The average molecular weight is 264 g/mol. The fourth-order valence-electron chi connectivity index (χ4n) is 2.22. The van der Waals surface area contributed by atoms with Crippen molar-refractivity contribution in [3.8, 4) is 0 Å². The molecule has 0 amide bonds. The van der Waals surface area contributed by atoms with Crippen LogP contribution in [0.5, 0.6) is 0 Å². The third kappa shape index (κ3) is 1.88.